The number of carbonyl (C=O) groups is 1. The molecule has 0 aliphatic carbocycles. The van der Waals surface area contributed by atoms with Crippen LogP contribution in [0.3, 0.4) is 0 Å². The first-order valence-corrected chi connectivity index (χ1v) is 11.2. The number of hydrogen-bond donors (Lipinski definition) is 1. The first-order chi connectivity index (χ1) is 12.4. The Morgan fingerprint density at radius 1 is 1.23 bits per heavy atom. The predicted molar refractivity (Wildman–Crippen MR) is 104 cm³/mol. The van der Waals surface area contributed by atoms with Crippen LogP contribution in [0.1, 0.15) is 14.6 Å². The monoisotopic (exact) mass is 412 g/mol. The van der Waals surface area contributed by atoms with E-state index in [0.29, 0.717) is 37.1 Å². The molecule has 1 aliphatic rings. The summed E-state index contributed by atoms with van der Waals surface area (Å²) in [5, 5.41) is 2.78. The van der Waals surface area contributed by atoms with Gasteiger partial charge in [0.1, 0.15) is 4.21 Å². The summed E-state index contributed by atoms with van der Waals surface area (Å²) in [6.45, 7) is 3.91. The van der Waals surface area contributed by atoms with Gasteiger partial charge in [-0.1, -0.05) is 0 Å². The first-order valence-electron chi connectivity index (χ1n) is 8.14. The lowest BCUT2D eigenvalue weighted by atomic mass is 10.4. The predicted octanol–water partition coefficient (Wildman–Crippen LogP) is 2.47. The Morgan fingerprint density at radius 2 is 2.00 bits per heavy atom. The van der Waals surface area contributed by atoms with Crippen LogP contribution in [0.25, 0.3) is 6.08 Å². The molecule has 1 aliphatic heterocycles. The number of amides is 1. The molecule has 2 aromatic heterocycles. The molecule has 3 heterocycles. The third kappa shape index (κ3) is 4.80. The van der Waals surface area contributed by atoms with Crippen molar-refractivity contribution in [2.24, 2.45) is 0 Å². The summed E-state index contributed by atoms with van der Waals surface area (Å²) in [5.41, 5.74) is 0. The smallest absolute Gasteiger partial charge is 0.252 e. The lowest BCUT2D eigenvalue weighted by Crippen LogP contribution is -2.40. The van der Waals surface area contributed by atoms with Crippen molar-refractivity contribution < 1.29 is 17.9 Å². The topological polar surface area (TPSA) is 75.7 Å². The highest BCUT2D eigenvalue weighted by Gasteiger charge is 2.27. The van der Waals surface area contributed by atoms with Gasteiger partial charge < -0.3 is 10.1 Å². The summed E-state index contributed by atoms with van der Waals surface area (Å²) in [7, 11) is -3.48. The van der Waals surface area contributed by atoms with Crippen LogP contribution in [0.2, 0.25) is 0 Å². The second-order valence-corrected chi connectivity index (χ2v) is 10.4. The van der Waals surface area contributed by atoms with E-state index in [1.54, 1.807) is 29.5 Å². The number of morpholine rings is 1. The second kappa shape index (κ2) is 8.45. The van der Waals surface area contributed by atoms with E-state index in [9.17, 15) is 13.2 Å². The molecule has 1 N–H and O–H groups in total. The van der Waals surface area contributed by atoms with Gasteiger partial charge in [-0.05, 0) is 37.3 Å². The summed E-state index contributed by atoms with van der Waals surface area (Å²) >= 11 is 2.80. The molecule has 0 spiro atoms. The molecule has 0 saturated carbocycles. The van der Waals surface area contributed by atoms with Crippen molar-refractivity contribution in [2.45, 2.75) is 17.7 Å². The van der Waals surface area contributed by atoms with Crippen LogP contribution in [0.15, 0.2) is 34.6 Å². The maximum Gasteiger partial charge on any atom is 0.252 e. The molecule has 2 aromatic rings. The second-order valence-electron chi connectivity index (χ2n) is 5.74. The number of rotatable bonds is 6. The Labute approximate surface area is 161 Å². The molecule has 140 valence electrons. The highest BCUT2D eigenvalue weighted by Crippen LogP contribution is 2.25. The average Bonchev–Trinajstić information content (AvgIpc) is 3.28. The van der Waals surface area contributed by atoms with E-state index in [0.717, 1.165) is 9.75 Å². The molecule has 0 bridgehead atoms. The van der Waals surface area contributed by atoms with Gasteiger partial charge in [-0.15, -0.1) is 22.7 Å². The van der Waals surface area contributed by atoms with Crippen molar-refractivity contribution in [3.05, 3.63) is 45.0 Å². The van der Waals surface area contributed by atoms with Crippen LogP contribution >= 0.6 is 22.7 Å². The Hall–Kier alpha value is -1.52. The van der Waals surface area contributed by atoms with Crippen LogP contribution in [-0.2, 0) is 26.1 Å². The summed E-state index contributed by atoms with van der Waals surface area (Å²) in [5.74, 6) is -0.206. The van der Waals surface area contributed by atoms with Crippen LogP contribution in [0.4, 0.5) is 0 Å². The number of hydrogen-bond acceptors (Lipinski definition) is 6. The molecule has 26 heavy (non-hydrogen) atoms. The number of aryl methyl sites for hydroxylation is 1. The molecular formula is C17H20N2O4S3. The highest BCUT2D eigenvalue weighted by molar-refractivity contribution is 7.91. The Bertz CT molecular complexity index is 893. The fourth-order valence-electron chi connectivity index (χ4n) is 2.44. The fourth-order valence-corrected chi connectivity index (χ4v) is 6.08. The van der Waals surface area contributed by atoms with Crippen molar-refractivity contribution in [3.8, 4) is 0 Å². The average molecular weight is 413 g/mol. The van der Waals surface area contributed by atoms with Crippen molar-refractivity contribution in [2.75, 3.05) is 26.3 Å². The zero-order valence-electron chi connectivity index (χ0n) is 14.3. The first kappa shape index (κ1) is 19.2. The fraction of sp³-hybridized carbons (Fsp3) is 0.353. The van der Waals surface area contributed by atoms with Gasteiger partial charge in [-0.3, -0.25) is 4.79 Å². The summed E-state index contributed by atoms with van der Waals surface area (Å²) in [6, 6.07) is 7.31. The van der Waals surface area contributed by atoms with Gasteiger partial charge >= 0.3 is 0 Å². The van der Waals surface area contributed by atoms with Gasteiger partial charge in [-0.25, -0.2) is 8.42 Å². The van der Waals surface area contributed by atoms with E-state index in [1.807, 2.05) is 19.1 Å². The van der Waals surface area contributed by atoms with E-state index in [4.69, 9.17) is 4.74 Å². The number of nitrogens with zero attached hydrogens (tertiary/aromatic N) is 1. The number of sulfonamides is 1. The van der Waals surface area contributed by atoms with Crippen LogP contribution in [-0.4, -0.2) is 44.9 Å². The van der Waals surface area contributed by atoms with Crippen molar-refractivity contribution in [3.63, 3.8) is 0 Å². The van der Waals surface area contributed by atoms with Gasteiger partial charge in [0.05, 0.1) is 19.8 Å². The molecule has 1 amide bonds. The normalized spacial score (nSPS) is 16.2. The standard InChI is InChI=1S/C17H20N2O4S3/c1-13-2-3-14(24-13)4-6-16(20)18-12-15-5-7-17(25-15)26(21,22)19-8-10-23-11-9-19/h2-7H,8-12H2,1H3,(H,18,20)/b6-4+. The maximum absolute atomic E-state index is 12.6. The quantitative estimate of drug-likeness (QED) is 0.740. The minimum atomic E-state index is -3.48. The van der Waals surface area contributed by atoms with E-state index in [1.165, 1.54) is 26.6 Å². The molecule has 0 aromatic carbocycles. The molecule has 9 heteroatoms. The van der Waals surface area contributed by atoms with E-state index < -0.39 is 10.0 Å². The maximum atomic E-state index is 12.6. The lowest BCUT2D eigenvalue weighted by molar-refractivity contribution is -0.116. The van der Waals surface area contributed by atoms with Gasteiger partial charge in [0, 0.05) is 33.8 Å². The molecule has 0 unspecified atom stereocenters. The molecule has 1 saturated heterocycles. The number of carbonyl (C=O) groups excluding carboxylic acids is 1. The summed E-state index contributed by atoms with van der Waals surface area (Å²) < 4.78 is 32.1. The van der Waals surface area contributed by atoms with E-state index >= 15 is 0 Å². The van der Waals surface area contributed by atoms with Gasteiger partial charge in [0.25, 0.3) is 10.0 Å². The lowest BCUT2D eigenvalue weighted by Gasteiger charge is -2.25. The number of nitrogens with one attached hydrogen (secondary N) is 1. The Kier molecular flexibility index (Phi) is 6.25. The highest BCUT2D eigenvalue weighted by atomic mass is 32.2. The third-order valence-corrected chi connectivity index (χ3v) is 8.22. The van der Waals surface area contributed by atoms with Crippen molar-refractivity contribution in [1.29, 1.82) is 0 Å². The van der Waals surface area contributed by atoms with Crippen LogP contribution < -0.4 is 5.32 Å². The Morgan fingerprint density at radius 3 is 2.69 bits per heavy atom. The van der Waals surface area contributed by atoms with E-state index in [-0.39, 0.29) is 5.91 Å². The largest absolute Gasteiger partial charge is 0.379 e. The van der Waals surface area contributed by atoms with Crippen molar-refractivity contribution in [1.82, 2.24) is 9.62 Å². The van der Waals surface area contributed by atoms with Gasteiger partial charge in [-0.2, -0.15) is 4.31 Å². The number of ether oxygens (including phenoxy) is 1. The Balaban J connectivity index is 1.56. The van der Waals surface area contributed by atoms with E-state index in [2.05, 4.69) is 5.32 Å². The SMILES string of the molecule is Cc1ccc(/C=C/C(=O)NCc2ccc(S(=O)(=O)N3CCOCC3)s2)s1. The molecule has 3 rings (SSSR count). The van der Waals surface area contributed by atoms with Gasteiger partial charge in [0.2, 0.25) is 5.91 Å². The molecular weight excluding hydrogens is 392 g/mol. The van der Waals surface area contributed by atoms with Crippen molar-refractivity contribution >= 4 is 44.7 Å². The minimum Gasteiger partial charge on any atom is -0.379 e. The summed E-state index contributed by atoms with van der Waals surface area (Å²) in [4.78, 5) is 14.9. The third-order valence-electron chi connectivity index (χ3n) is 3.80. The summed E-state index contributed by atoms with van der Waals surface area (Å²) in [6.07, 6.45) is 3.26. The van der Waals surface area contributed by atoms with Gasteiger partial charge in [0.15, 0.2) is 0 Å². The molecule has 0 atom stereocenters. The molecule has 1 fully saturated rings. The molecule has 0 radical (unpaired) electrons. The number of thiophene rings is 2. The van der Waals surface area contributed by atoms with Crippen LogP contribution in [0.5, 0.6) is 0 Å². The molecule has 6 nitrogen and oxygen atoms in total. The van der Waals surface area contributed by atoms with Crippen LogP contribution in [0, 0.1) is 6.92 Å². The minimum absolute atomic E-state index is 0.206. The zero-order chi connectivity index (χ0) is 18.6. The zero-order valence-corrected chi connectivity index (χ0v) is 16.8.